The molecule has 2 aliphatic rings. The molecule has 3 aromatic rings. The number of benzene rings is 2. The SMILES string of the molecule is CC(=O)Nc1nc(C)c(C(=O)N[C@@H](C)c2ccc(CN3Cc4ccc(OCC5CC5(F)F)cc4C(F)C3)cc2)s1. The number of ether oxygens (including phenoxy) is 1. The van der Waals surface area contributed by atoms with E-state index in [1.54, 1.807) is 19.1 Å². The molecule has 1 saturated carbocycles. The van der Waals surface area contributed by atoms with Crippen molar-refractivity contribution in [1.82, 2.24) is 15.2 Å². The van der Waals surface area contributed by atoms with E-state index < -0.39 is 18.0 Å². The van der Waals surface area contributed by atoms with Gasteiger partial charge in [-0.3, -0.25) is 14.5 Å². The average Bonchev–Trinajstić information content (AvgIpc) is 3.34. The number of carbonyl (C=O) groups is 2. The number of nitrogens with one attached hydrogen (secondary N) is 2. The number of hydrogen-bond acceptors (Lipinski definition) is 6. The lowest BCUT2D eigenvalue weighted by Gasteiger charge is -2.31. The third-order valence-electron chi connectivity index (χ3n) is 7.19. The van der Waals surface area contributed by atoms with Gasteiger partial charge in [0.05, 0.1) is 24.3 Å². The Labute approximate surface area is 234 Å². The summed E-state index contributed by atoms with van der Waals surface area (Å²) in [6.45, 7) is 6.29. The molecule has 0 bridgehead atoms. The smallest absolute Gasteiger partial charge is 0.263 e. The highest BCUT2D eigenvalue weighted by atomic mass is 32.1. The van der Waals surface area contributed by atoms with Crippen LogP contribution in [0.2, 0.25) is 0 Å². The van der Waals surface area contributed by atoms with Crippen LogP contribution in [-0.2, 0) is 17.9 Å². The van der Waals surface area contributed by atoms with Gasteiger partial charge >= 0.3 is 0 Å². The lowest BCUT2D eigenvalue weighted by atomic mass is 9.97. The molecule has 2 N–H and O–H groups in total. The molecule has 2 heterocycles. The second-order valence-electron chi connectivity index (χ2n) is 10.5. The number of halogens is 3. The second-order valence-corrected chi connectivity index (χ2v) is 11.5. The highest BCUT2D eigenvalue weighted by Gasteiger charge is 2.57. The molecule has 212 valence electrons. The van der Waals surface area contributed by atoms with Gasteiger partial charge in [0.25, 0.3) is 11.8 Å². The van der Waals surface area contributed by atoms with E-state index in [4.69, 9.17) is 4.74 Å². The van der Waals surface area contributed by atoms with Crippen LogP contribution in [0.1, 0.15) is 70.1 Å². The summed E-state index contributed by atoms with van der Waals surface area (Å²) in [5.74, 6) is -3.47. The molecule has 2 aromatic carbocycles. The zero-order valence-corrected chi connectivity index (χ0v) is 23.3. The first-order valence-electron chi connectivity index (χ1n) is 13.1. The fourth-order valence-corrected chi connectivity index (χ4v) is 5.74. The third kappa shape index (κ3) is 6.47. The van der Waals surface area contributed by atoms with Crippen LogP contribution < -0.4 is 15.4 Å². The van der Waals surface area contributed by atoms with E-state index >= 15 is 4.39 Å². The second kappa shape index (κ2) is 11.2. The zero-order chi connectivity index (χ0) is 28.6. The molecule has 40 heavy (non-hydrogen) atoms. The number of aryl methyl sites for hydroxylation is 1. The molecule has 1 fully saturated rings. The highest BCUT2D eigenvalue weighted by molar-refractivity contribution is 7.17. The van der Waals surface area contributed by atoms with Crippen LogP contribution in [0.5, 0.6) is 5.75 Å². The van der Waals surface area contributed by atoms with E-state index in [1.807, 2.05) is 42.2 Å². The summed E-state index contributed by atoms with van der Waals surface area (Å²) in [6.07, 6.45) is -1.35. The summed E-state index contributed by atoms with van der Waals surface area (Å²) < 4.78 is 46.8. The van der Waals surface area contributed by atoms with Crippen LogP contribution in [0.15, 0.2) is 42.5 Å². The van der Waals surface area contributed by atoms with Gasteiger partial charge in [0, 0.05) is 33.0 Å². The van der Waals surface area contributed by atoms with Gasteiger partial charge in [-0.25, -0.2) is 18.2 Å². The molecule has 3 atom stereocenters. The van der Waals surface area contributed by atoms with Crippen LogP contribution in [0.3, 0.4) is 0 Å². The van der Waals surface area contributed by atoms with Crippen molar-refractivity contribution in [1.29, 1.82) is 0 Å². The van der Waals surface area contributed by atoms with E-state index in [0.717, 1.165) is 28.0 Å². The largest absolute Gasteiger partial charge is 0.493 e. The number of rotatable bonds is 9. The van der Waals surface area contributed by atoms with Gasteiger partial charge in [-0.15, -0.1) is 0 Å². The monoisotopic (exact) mass is 572 g/mol. The molecule has 1 aliphatic carbocycles. The minimum atomic E-state index is -2.64. The number of aromatic nitrogens is 1. The Morgan fingerprint density at radius 2 is 1.95 bits per heavy atom. The Balaban J connectivity index is 1.15. The molecule has 0 radical (unpaired) electrons. The number of thiazole rings is 1. The summed E-state index contributed by atoms with van der Waals surface area (Å²) in [7, 11) is 0. The van der Waals surface area contributed by atoms with Crippen molar-refractivity contribution in [2.24, 2.45) is 5.92 Å². The van der Waals surface area contributed by atoms with E-state index in [2.05, 4.69) is 15.6 Å². The van der Waals surface area contributed by atoms with E-state index in [1.165, 1.54) is 6.92 Å². The maximum atomic E-state index is 15.1. The molecule has 1 aliphatic heterocycles. The summed E-state index contributed by atoms with van der Waals surface area (Å²) in [5, 5.41) is 5.96. The fourth-order valence-electron chi connectivity index (χ4n) is 4.82. The van der Waals surface area contributed by atoms with Crippen LogP contribution in [-0.4, -0.2) is 40.8 Å². The normalized spacial score (nSPS) is 20.4. The van der Waals surface area contributed by atoms with Crippen LogP contribution in [0.4, 0.5) is 18.3 Å². The Kier molecular flexibility index (Phi) is 7.87. The summed E-state index contributed by atoms with van der Waals surface area (Å²) in [4.78, 5) is 30.8. The summed E-state index contributed by atoms with van der Waals surface area (Å²) in [5.41, 5.74) is 3.90. The molecule has 2 unspecified atom stereocenters. The first-order valence-corrected chi connectivity index (χ1v) is 13.9. The Morgan fingerprint density at radius 3 is 2.62 bits per heavy atom. The predicted octanol–water partition coefficient (Wildman–Crippen LogP) is 5.96. The molecular weight excluding hydrogens is 541 g/mol. The predicted molar refractivity (Wildman–Crippen MR) is 146 cm³/mol. The maximum absolute atomic E-state index is 15.1. The fraction of sp³-hybridized carbons (Fsp3) is 0.414. The number of anilines is 1. The van der Waals surface area contributed by atoms with Gasteiger partial charge in [0.1, 0.15) is 16.8 Å². The number of alkyl halides is 3. The van der Waals surface area contributed by atoms with Crippen LogP contribution in [0.25, 0.3) is 0 Å². The average molecular weight is 573 g/mol. The molecule has 1 aromatic heterocycles. The molecule has 7 nitrogen and oxygen atoms in total. The molecule has 2 amide bonds. The summed E-state index contributed by atoms with van der Waals surface area (Å²) in [6, 6.07) is 12.7. The number of hydrogen-bond donors (Lipinski definition) is 2. The molecule has 0 spiro atoms. The standard InChI is InChI=1S/C29H31F3N4O3S/c1-16(33-27(38)26-17(2)34-28(40-26)35-18(3)37)20-6-4-19(5-7-20)12-36-13-21-8-9-23(10-24(21)25(30)14-36)39-15-22-11-29(22,31)32/h4-10,16,22,25H,11-15H2,1-3H3,(H,33,38)(H,34,35,37)/t16-,22?,25?/m0/s1. The van der Waals surface area contributed by atoms with Crippen molar-refractivity contribution in [3.8, 4) is 5.75 Å². The van der Waals surface area contributed by atoms with Gasteiger partial charge < -0.3 is 15.4 Å². The lowest BCUT2D eigenvalue weighted by molar-refractivity contribution is -0.114. The van der Waals surface area contributed by atoms with Gasteiger partial charge in [-0.05, 0) is 48.2 Å². The minimum absolute atomic E-state index is 0.0580. The van der Waals surface area contributed by atoms with Crippen molar-refractivity contribution in [2.45, 2.75) is 58.4 Å². The van der Waals surface area contributed by atoms with Gasteiger partial charge in [-0.1, -0.05) is 41.7 Å². The maximum Gasteiger partial charge on any atom is 0.263 e. The lowest BCUT2D eigenvalue weighted by Crippen LogP contribution is -2.31. The Morgan fingerprint density at radius 1 is 1.23 bits per heavy atom. The molecule has 11 heteroatoms. The topological polar surface area (TPSA) is 83.6 Å². The van der Waals surface area contributed by atoms with E-state index in [-0.39, 0.29) is 37.4 Å². The Hall–Kier alpha value is -3.44. The Bertz CT molecular complexity index is 1410. The van der Waals surface area contributed by atoms with Crippen molar-refractivity contribution in [2.75, 3.05) is 18.5 Å². The highest BCUT2D eigenvalue weighted by Crippen LogP contribution is 2.48. The first kappa shape index (κ1) is 28.1. The van der Waals surface area contributed by atoms with Gasteiger partial charge in [0.2, 0.25) is 5.91 Å². The van der Waals surface area contributed by atoms with Crippen LogP contribution in [0, 0.1) is 12.8 Å². The van der Waals surface area contributed by atoms with Crippen molar-refractivity contribution < 1.29 is 27.5 Å². The first-order chi connectivity index (χ1) is 19.0. The van der Waals surface area contributed by atoms with E-state index in [9.17, 15) is 18.4 Å². The zero-order valence-electron chi connectivity index (χ0n) is 22.5. The van der Waals surface area contributed by atoms with Crippen molar-refractivity contribution >= 4 is 28.3 Å². The van der Waals surface area contributed by atoms with Crippen molar-refractivity contribution in [3.63, 3.8) is 0 Å². The third-order valence-corrected chi connectivity index (χ3v) is 8.27. The molecule has 5 rings (SSSR count). The van der Waals surface area contributed by atoms with E-state index in [0.29, 0.717) is 40.1 Å². The molecular formula is C29H31F3N4O3S. The summed E-state index contributed by atoms with van der Waals surface area (Å²) >= 11 is 1.13. The number of nitrogens with zero attached hydrogens (tertiary/aromatic N) is 2. The van der Waals surface area contributed by atoms with Gasteiger partial charge in [0.15, 0.2) is 5.13 Å². The quantitative estimate of drug-likeness (QED) is 0.331. The minimum Gasteiger partial charge on any atom is -0.493 e. The number of amides is 2. The van der Waals surface area contributed by atoms with Crippen LogP contribution >= 0.6 is 11.3 Å². The molecule has 0 saturated heterocycles. The van der Waals surface area contributed by atoms with Crippen molar-refractivity contribution in [3.05, 3.63) is 75.3 Å². The van der Waals surface area contributed by atoms with Gasteiger partial charge in [-0.2, -0.15) is 0 Å². The number of carbonyl (C=O) groups excluding carboxylic acids is 2. The number of fused-ring (bicyclic) bond motifs is 1.